The lowest BCUT2D eigenvalue weighted by Gasteiger charge is -2.16. The lowest BCUT2D eigenvalue weighted by atomic mass is 10.1. The summed E-state index contributed by atoms with van der Waals surface area (Å²) in [5, 5.41) is 2.34. The second-order valence-corrected chi connectivity index (χ2v) is 7.17. The van der Waals surface area contributed by atoms with E-state index in [1.54, 1.807) is 4.90 Å². The Kier molecular flexibility index (Phi) is 6.82. The van der Waals surface area contributed by atoms with Crippen molar-refractivity contribution in [2.75, 3.05) is 25.0 Å². The number of halogens is 2. The van der Waals surface area contributed by atoms with Crippen LogP contribution in [0.2, 0.25) is 5.02 Å². The van der Waals surface area contributed by atoms with Gasteiger partial charge in [0.2, 0.25) is 5.91 Å². The lowest BCUT2D eigenvalue weighted by Crippen LogP contribution is -2.29. The number of benzene rings is 2. The van der Waals surface area contributed by atoms with E-state index in [1.807, 2.05) is 30.3 Å². The van der Waals surface area contributed by atoms with Crippen LogP contribution >= 0.6 is 11.6 Å². The lowest BCUT2D eigenvalue weighted by molar-refractivity contribution is -0.151. The Morgan fingerprint density at radius 2 is 1.97 bits per heavy atom. The van der Waals surface area contributed by atoms with Crippen molar-refractivity contribution >= 4 is 35.1 Å². The predicted molar refractivity (Wildman–Crippen MR) is 106 cm³/mol. The van der Waals surface area contributed by atoms with Gasteiger partial charge in [0.1, 0.15) is 5.82 Å². The molecule has 3 rings (SSSR count). The van der Waals surface area contributed by atoms with Crippen molar-refractivity contribution in [2.45, 2.75) is 12.8 Å². The van der Waals surface area contributed by atoms with E-state index >= 15 is 0 Å². The molecule has 1 N–H and O–H groups in total. The number of hydrogen-bond acceptors (Lipinski definition) is 4. The maximum absolute atomic E-state index is 13.1. The third-order valence-corrected chi connectivity index (χ3v) is 4.90. The van der Waals surface area contributed by atoms with Gasteiger partial charge in [-0.05, 0) is 30.2 Å². The third kappa shape index (κ3) is 5.77. The zero-order valence-electron chi connectivity index (χ0n) is 15.6. The number of carbonyl (C=O) groups excluding carboxylic acids is 3. The number of anilines is 1. The van der Waals surface area contributed by atoms with E-state index in [4.69, 9.17) is 16.3 Å². The summed E-state index contributed by atoms with van der Waals surface area (Å²) in [6.07, 6.45) is 0.778. The summed E-state index contributed by atoms with van der Waals surface area (Å²) < 4.78 is 18.2. The zero-order valence-corrected chi connectivity index (χ0v) is 16.3. The number of amides is 2. The van der Waals surface area contributed by atoms with Crippen LogP contribution in [0.25, 0.3) is 0 Å². The summed E-state index contributed by atoms with van der Waals surface area (Å²) >= 11 is 5.65. The fraction of sp³-hybridized carbons (Fsp3) is 0.286. The molecule has 0 aromatic heterocycles. The smallest absolute Gasteiger partial charge is 0.311 e. The molecular formula is C21H20ClFN2O4. The summed E-state index contributed by atoms with van der Waals surface area (Å²) in [7, 11) is 0. The van der Waals surface area contributed by atoms with Gasteiger partial charge in [-0.1, -0.05) is 41.9 Å². The maximum Gasteiger partial charge on any atom is 0.311 e. The fourth-order valence-corrected chi connectivity index (χ4v) is 3.26. The Balaban J connectivity index is 1.43. The molecule has 8 heteroatoms. The van der Waals surface area contributed by atoms with Crippen molar-refractivity contribution in [1.82, 2.24) is 4.90 Å². The van der Waals surface area contributed by atoms with Crippen LogP contribution in [0.4, 0.5) is 10.1 Å². The van der Waals surface area contributed by atoms with Crippen LogP contribution in [0.3, 0.4) is 0 Å². The zero-order chi connectivity index (χ0) is 20.8. The summed E-state index contributed by atoms with van der Waals surface area (Å²) in [4.78, 5) is 37.9. The van der Waals surface area contributed by atoms with E-state index in [9.17, 15) is 18.8 Å². The van der Waals surface area contributed by atoms with Gasteiger partial charge in [-0.3, -0.25) is 14.4 Å². The van der Waals surface area contributed by atoms with Crippen molar-refractivity contribution in [3.05, 3.63) is 64.9 Å². The topological polar surface area (TPSA) is 75.7 Å². The second kappa shape index (κ2) is 9.52. The van der Waals surface area contributed by atoms with E-state index in [0.717, 1.165) is 11.6 Å². The Labute approximate surface area is 172 Å². The molecule has 1 atom stereocenters. The summed E-state index contributed by atoms with van der Waals surface area (Å²) in [5.74, 6) is -2.46. The van der Waals surface area contributed by atoms with Crippen LogP contribution in [-0.2, 0) is 25.5 Å². The SMILES string of the molecule is O=C(COC(=O)[C@@H]1CC(=O)N(CCc2ccccc2)C1)Nc1ccc(F)c(Cl)c1. The highest BCUT2D eigenvalue weighted by atomic mass is 35.5. The Morgan fingerprint density at radius 1 is 1.21 bits per heavy atom. The van der Waals surface area contributed by atoms with Gasteiger partial charge in [0, 0.05) is 25.2 Å². The number of likely N-dealkylation sites (tertiary alicyclic amines) is 1. The number of ether oxygens (including phenoxy) is 1. The maximum atomic E-state index is 13.1. The third-order valence-electron chi connectivity index (χ3n) is 4.61. The van der Waals surface area contributed by atoms with Crippen LogP contribution in [0.5, 0.6) is 0 Å². The standard InChI is InChI=1S/C21H20ClFN2O4/c22-17-11-16(6-7-18(17)23)24-19(26)13-29-21(28)15-10-20(27)25(12-15)9-8-14-4-2-1-3-5-14/h1-7,11,15H,8-10,12-13H2,(H,24,26)/t15-/m1/s1. The molecule has 0 spiro atoms. The molecule has 29 heavy (non-hydrogen) atoms. The predicted octanol–water partition coefficient (Wildman–Crippen LogP) is 3.05. The minimum Gasteiger partial charge on any atom is -0.455 e. The summed E-state index contributed by atoms with van der Waals surface area (Å²) in [6, 6.07) is 13.5. The molecule has 152 valence electrons. The van der Waals surface area contributed by atoms with Crippen molar-refractivity contribution in [3.8, 4) is 0 Å². The van der Waals surface area contributed by atoms with Gasteiger partial charge in [-0.2, -0.15) is 0 Å². The van der Waals surface area contributed by atoms with Crippen molar-refractivity contribution in [3.63, 3.8) is 0 Å². The van der Waals surface area contributed by atoms with Crippen LogP contribution in [0.1, 0.15) is 12.0 Å². The first kappa shape index (κ1) is 20.8. The number of nitrogens with one attached hydrogen (secondary N) is 1. The average Bonchev–Trinajstić information content (AvgIpc) is 3.09. The molecule has 0 radical (unpaired) electrons. The van der Waals surface area contributed by atoms with Crippen molar-refractivity contribution < 1.29 is 23.5 Å². The van der Waals surface area contributed by atoms with Crippen LogP contribution in [0, 0.1) is 11.7 Å². The molecule has 6 nitrogen and oxygen atoms in total. The molecule has 1 heterocycles. The Morgan fingerprint density at radius 3 is 2.69 bits per heavy atom. The van der Waals surface area contributed by atoms with E-state index in [-0.39, 0.29) is 23.9 Å². The van der Waals surface area contributed by atoms with Gasteiger partial charge in [-0.25, -0.2) is 4.39 Å². The first-order valence-electron chi connectivity index (χ1n) is 9.15. The second-order valence-electron chi connectivity index (χ2n) is 6.76. The highest BCUT2D eigenvalue weighted by Crippen LogP contribution is 2.21. The Hall–Kier alpha value is -2.93. The monoisotopic (exact) mass is 418 g/mol. The van der Waals surface area contributed by atoms with Gasteiger partial charge in [0.05, 0.1) is 10.9 Å². The van der Waals surface area contributed by atoms with Crippen molar-refractivity contribution in [2.24, 2.45) is 5.92 Å². The molecule has 2 amide bonds. The molecule has 2 aromatic carbocycles. The molecule has 1 aliphatic rings. The molecule has 2 aromatic rings. The van der Waals surface area contributed by atoms with Gasteiger partial charge in [0.25, 0.3) is 5.91 Å². The van der Waals surface area contributed by atoms with Gasteiger partial charge < -0.3 is 15.0 Å². The normalized spacial score (nSPS) is 16.0. The first-order valence-corrected chi connectivity index (χ1v) is 9.53. The van der Waals surface area contributed by atoms with Crippen LogP contribution < -0.4 is 5.32 Å². The van der Waals surface area contributed by atoms with Gasteiger partial charge in [-0.15, -0.1) is 0 Å². The molecule has 1 fully saturated rings. The molecule has 0 bridgehead atoms. The molecule has 0 aliphatic carbocycles. The van der Waals surface area contributed by atoms with Crippen LogP contribution in [-0.4, -0.2) is 42.4 Å². The highest BCUT2D eigenvalue weighted by molar-refractivity contribution is 6.31. The van der Waals surface area contributed by atoms with E-state index in [1.165, 1.54) is 12.1 Å². The molecular weight excluding hydrogens is 399 g/mol. The molecule has 0 saturated carbocycles. The summed E-state index contributed by atoms with van der Waals surface area (Å²) in [6.45, 7) is 0.306. The largest absolute Gasteiger partial charge is 0.455 e. The van der Waals surface area contributed by atoms with Gasteiger partial charge in [0.15, 0.2) is 6.61 Å². The minimum absolute atomic E-state index is 0.0722. The van der Waals surface area contributed by atoms with Crippen LogP contribution in [0.15, 0.2) is 48.5 Å². The van der Waals surface area contributed by atoms with E-state index < -0.39 is 30.2 Å². The molecule has 0 unspecified atom stereocenters. The Bertz CT molecular complexity index is 907. The van der Waals surface area contributed by atoms with Gasteiger partial charge >= 0.3 is 5.97 Å². The molecule has 1 saturated heterocycles. The molecule has 1 aliphatic heterocycles. The van der Waals surface area contributed by atoms with E-state index in [0.29, 0.717) is 18.7 Å². The average molecular weight is 419 g/mol. The number of rotatable bonds is 7. The fourth-order valence-electron chi connectivity index (χ4n) is 3.08. The summed E-state index contributed by atoms with van der Waals surface area (Å²) in [5.41, 5.74) is 1.41. The highest BCUT2D eigenvalue weighted by Gasteiger charge is 2.35. The number of esters is 1. The number of carbonyl (C=O) groups is 3. The number of hydrogen-bond donors (Lipinski definition) is 1. The first-order chi connectivity index (χ1) is 13.9. The number of nitrogens with zero attached hydrogens (tertiary/aromatic N) is 1. The quantitative estimate of drug-likeness (QED) is 0.701. The van der Waals surface area contributed by atoms with E-state index in [2.05, 4.69) is 5.32 Å². The van der Waals surface area contributed by atoms with Crippen molar-refractivity contribution in [1.29, 1.82) is 0 Å². The minimum atomic E-state index is -0.598.